The molecule has 0 spiro atoms. The SMILES string of the molecule is COC(=O)c1ccc(Oc2ccccn2)cc1Br.N#Cc1ccc(N2CCN(C(=O)c3cc(Cc4n[nH]c(=O)c5ccc(Oc6ccccn6)cc45)ccc3F)CC2)nc1. The fourth-order valence-electron chi connectivity index (χ4n) is 6.28. The van der Waals surface area contributed by atoms with Crippen LogP contribution >= 0.6 is 15.9 Å². The molecule has 0 atom stereocenters. The van der Waals surface area contributed by atoms with E-state index in [1.807, 2.05) is 23.1 Å². The standard InChI is InChI=1S/C31H24FN7O3.C13H10BrNO3/c32-26-8-4-20(15-25(26)31(41)39-13-11-38(12-14-39)28-9-5-21(18-33)19-35-28)16-27-24-17-22(42-29-3-1-2-10-34-29)6-7-23(24)30(40)37-36-27;1-17-13(16)10-6-5-9(8-11(10)14)18-12-4-2-3-7-15-12/h1-10,15,17,19H,11-14,16H2,(H,37,40);2-8H,1H3. The molecular weight excluding hydrogens is 835 g/mol. The average Bonchev–Trinajstić information content (AvgIpc) is 3.28. The van der Waals surface area contributed by atoms with Gasteiger partial charge in [0.2, 0.25) is 11.8 Å². The number of benzene rings is 3. The molecule has 1 aliphatic heterocycles. The Balaban J connectivity index is 0.000000253. The van der Waals surface area contributed by atoms with E-state index in [-0.39, 0.29) is 17.5 Å². The Bertz CT molecular complexity index is 2740. The number of carbonyl (C=O) groups excluding carboxylic acids is 2. The van der Waals surface area contributed by atoms with E-state index in [2.05, 4.69) is 45.8 Å². The first-order valence-electron chi connectivity index (χ1n) is 18.4. The van der Waals surface area contributed by atoms with Crippen LogP contribution in [0.5, 0.6) is 23.3 Å². The van der Waals surface area contributed by atoms with Crippen LogP contribution in [0.1, 0.15) is 37.5 Å². The second kappa shape index (κ2) is 18.8. The molecule has 8 rings (SSSR count). The van der Waals surface area contributed by atoms with Crippen molar-refractivity contribution >= 4 is 44.4 Å². The molecule has 14 nitrogen and oxygen atoms in total. The highest BCUT2D eigenvalue weighted by atomic mass is 79.9. The molecule has 0 unspecified atom stereocenters. The second-order valence-corrected chi connectivity index (χ2v) is 14.0. The van der Waals surface area contributed by atoms with Gasteiger partial charge in [-0.3, -0.25) is 9.59 Å². The number of amides is 1. The van der Waals surface area contributed by atoms with Crippen LogP contribution in [0.2, 0.25) is 0 Å². The lowest BCUT2D eigenvalue weighted by Crippen LogP contribution is -2.49. The Kier molecular flexibility index (Phi) is 12.8. The van der Waals surface area contributed by atoms with Gasteiger partial charge in [-0.25, -0.2) is 29.2 Å². The molecular formula is C44H34BrFN8O6. The van der Waals surface area contributed by atoms with Gasteiger partial charge in [0.1, 0.15) is 29.2 Å². The van der Waals surface area contributed by atoms with Crippen molar-refractivity contribution in [1.82, 2.24) is 30.0 Å². The second-order valence-electron chi connectivity index (χ2n) is 13.2. The van der Waals surface area contributed by atoms with Crippen molar-refractivity contribution < 1.29 is 28.2 Å². The zero-order valence-electron chi connectivity index (χ0n) is 31.9. The molecule has 5 heterocycles. The maximum atomic E-state index is 14.9. The summed E-state index contributed by atoms with van der Waals surface area (Å²) in [6.07, 6.45) is 5.03. The van der Waals surface area contributed by atoms with Crippen molar-refractivity contribution in [3.05, 3.63) is 170 Å². The van der Waals surface area contributed by atoms with Crippen molar-refractivity contribution in [3.8, 4) is 29.3 Å². The molecule has 1 fully saturated rings. The molecule has 1 saturated heterocycles. The molecule has 4 aromatic heterocycles. The maximum Gasteiger partial charge on any atom is 0.339 e. The fraction of sp³-hybridized carbons (Fsp3) is 0.136. The third-order valence-corrected chi connectivity index (χ3v) is 9.96. The summed E-state index contributed by atoms with van der Waals surface area (Å²) in [7, 11) is 1.34. The highest BCUT2D eigenvalue weighted by Crippen LogP contribution is 2.28. The van der Waals surface area contributed by atoms with Crippen molar-refractivity contribution in [2.75, 3.05) is 38.2 Å². The van der Waals surface area contributed by atoms with E-state index >= 15 is 0 Å². The van der Waals surface area contributed by atoms with E-state index in [0.717, 1.165) is 5.82 Å². The normalized spacial score (nSPS) is 12.2. The molecule has 0 bridgehead atoms. The Morgan fingerprint density at radius 1 is 0.817 bits per heavy atom. The Morgan fingerprint density at radius 3 is 2.13 bits per heavy atom. The number of rotatable bonds is 9. The quantitative estimate of drug-likeness (QED) is 0.142. The number of fused-ring (bicyclic) bond motifs is 1. The number of ether oxygens (including phenoxy) is 3. The number of methoxy groups -OCH3 is 1. The monoisotopic (exact) mass is 868 g/mol. The number of esters is 1. The summed E-state index contributed by atoms with van der Waals surface area (Å²) >= 11 is 3.30. The van der Waals surface area contributed by atoms with Crippen LogP contribution in [0.4, 0.5) is 10.2 Å². The van der Waals surface area contributed by atoms with E-state index in [1.54, 1.807) is 102 Å². The van der Waals surface area contributed by atoms with E-state index in [4.69, 9.17) is 14.7 Å². The molecule has 1 aliphatic rings. The lowest BCUT2D eigenvalue weighted by Gasteiger charge is -2.35. The number of hydrogen-bond acceptors (Lipinski definition) is 12. The number of nitriles is 1. The van der Waals surface area contributed by atoms with Gasteiger partial charge in [-0.05, 0) is 94.3 Å². The summed E-state index contributed by atoms with van der Waals surface area (Å²) < 4.78 is 31.6. The summed E-state index contributed by atoms with van der Waals surface area (Å²) in [6.45, 7) is 1.86. The molecule has 0 radical (unpaired) electrons. The van der Waals surface area contributed by atoms with Crippen LogP contribution in [0.25, 0.3) is 10.8 Å². The number of H-pyrrole nitrogens is 1. The summed E-state index contributed by atoms with van der Waals surface area (Å²) in [5.41, 5.74) is 1.77. The number of carbonyl (C=O) groups is 2. The molecule has 1 N–H and O–H groups in total. The molecule has 0 saturated carbocycles. The summed E-state index contributed by atoms with van der Waals surface area (Å²) in [6, 6.07) is 30.7. The highest BCUT2D eigenvalue weighted by Gasteiger charge is 2.25. The minimum absolute atomic E-state index is 0.0228. The largest absolute Gasteiger partial charge is 0.465 e. The first-order chi connectivity index (χ1) is 29.2. The van der Waals surface area contributed by atoms with Crippen molar-refractivity contribution in [2.24, 2.45) is 0 Å². The predicted octanol–water partition coefficient (Wildman–Crippen LogP) is 7.49. The van der Waals surface area contributed by atoms with Gasteiger partial charge in [0.05, 0.1) is 34.9 Å². The first kappa shape index (κ1) is 40.7. The van der Waals surface area contributed by atoms with Crippen LogP contribution in [-0.4, -0.2) is 75.2 Å². The van der Waals surface area contributed by atoms with Crippen LogP contribution in [0.3, 0.4) is 0 Å². The summed E-state index contributed by atoms with van der Waals surface area (Å²) in [5.74, 6) is 1.31. The number of aromatic amines is 1. The van der Waals surface area contributed by atoms with E-state index in [0.29, 0.717) is 87.1 Å². The zero-order chi connectivity index (χ0) is 42.0. The molecule has 1 amide bonds. The molecule has 16 heteroatoms. The smallest absolute Gasteiger partial charge is 0.339 e. The molecule has 0 aliphatic carbocycles. The van der Waals surface area contributed by atoms with E-state index in [1.165, 1.54) is 19.4 Å². The van der Waals surface area contributed by atoms with Gasteiger partial charge in [0.15, 0.2) is 0 Å². The Labute approximate surface area is 351 Å². The van der Waals surface area contributed by atoms with Gasteiger partial charge >= 0.3 is 5.97 Å². The Hall–Kier alpha value is -7.51. The van der Waals surface area contributed by atoms with Gasteiger partial charge in [-0.2, -0.15) is 10.4 Å². The topological polar surface area (TPSA) is 177 Å². The van der Waals surface area contributed by atoms with Gasteiger partial charge in [0, 0.05) is 73.2 Å². The van der Waals surface area contributed by atoms with Crippen molar-refractivity contribution in [2.45, 2.75) is 6.42 Å². The number of halogens is 2. The summed E-state index contributed by atoms with van der Waals surface area (Å²) in [5, 5.41) is 16.8. The van der Waals surface area contributed by atoms with Gasteiger partial charge in [-0.15, -0.1) is 0 Å². The summed E-state index contributed by atoms with van der Waals surface area (Å²) in [4.78, 5) is 53.4. The minimum Gasteiger partial charge on any atom is -0.465 e. The lowest BCUT2D eigenvalue weighted by molar-refractivity contribution is 0.0599. The van der Waals surface area contributed by atoms with E-state index < -0.39 is 17.7 Å². The molecule has 3 aromatic carbocycles. The third-order valence-electron chi connectivity index (χ3n) is 9.31. The van der Waals surface area contributed by atoms with Gasteiger partial charge < -0.3 is 24.0 Å². The minimum atomic E-state index is -0.606. The number of piperazine rings is 1. The third kappa shape index (κ3) is 9.77. The van der Waals surface area contributed by atoms with Crippen molar-refractivity contribution in [3.63, 3.8) is 0 Å². The molecule has 300 valence electrons. The number of anilines is 1. The number of aromatic nitrogens is 5. The average molecular weight is 870 g/mol. The lowest BCUT2D eigenvalue weighted by atomic mass is 10.0. The number of hydrogen-bond donors (Lipinski definition) is 1. The first-order valence-corrected chi connectivity index (χ1v) is 19.2. The number of nitrogens with one attached hydrogen (secondary N) is 1. The molecule has 60 heavy (non-hydrogen) atoms. The zero-order valence-corrected chi connectivity index (χ0v) is 33.5. The van der Waals surface area contributed by atoms with Crippen LogP contribution in [0.15, 0.2) is 131 Å². The number of pyridine rings is 3. The maximum absolute atomic E-state index is 14.9. The van der Waals surface area contributed by atoms with Crippen LogP contribution in [0, 0.1) is 17.1 Å². The van der Waals surface area contributed by atoms with Crippen molar-refractivity contribution in [1.29, 1.82) is 5.26 Å². The van der Waals surface area contributed by atoms with Crippen LogP contribution in [-0.2, 0) is 11.2 Å². The van der Waals surface area contributed by atoms with Gasteiger partial charge in [0.25, 0.3) is 11.5 Å². The fourth-order valence-corrected chi connectivity index (χ4v) is 6.80. The highest BCUT2D eigenvalue weighted by molar-refractivity contribution is 9.10. The number of nitrogens with zero attached hydrogens (tertiary/aromatic N) is 7. The molecule has 7 aromatic rings. The van der Waals surface area contributed by atoms with Crippen LogP contribution < -0.4 is 19.9 Å². The predicted molar refractivity (Wildman–Crippen MR) is 223 cm³/mol. The van der Waals surface area contributed by atoms with Gasteiger partial charge in [-0.1, -0.05) is 18.2 Å². The van der Waals surface area contributed by atoms with E-state index in [9.17, 15) is 18.8 Å². The Morgan fingerprint density at radius 2 is 1.52 bits per heavy atom.